The van der Waals surface area contributed by atoms with Gasteiger partial charge in [0.05, 0.1) is 5.56 Å². The zero-order valence-electron chi connectivity index (χ0n) is 19.2. The first-order valence-corrected chi connectivity index (χ1v) is 11.9. The summed E-state index contributed by atoms with van der Waals surface area (Å²) in [7, 11) is 0. The molecular weight excluding hydrogens is 410 g/mol. The predicted molar refractivity (Wildman–Crippen MR) is 128 cm³/mol. The number of carboxylic acid groups (broad SMARTS) is 1. The van der Waals surface area contributed by atoms with Gasteiger partial charge in [0, 0.05) is 18.4 Å². The molecule has 4 nitrogen and oxygen atoms in total. The highest BCUT2D eigenvalue weighted by Gasteiger charge is 2.44. The number of likely N-dealkylation sites (tertiary alicyclic amines) is 1. The number of hydrogen-bond acceptors (Lipinski definition) is 3. The average Bonchev–Trinajstić information content (AvgIpc) is 3.15. The molecular formula is C29H30NO3-. The monoisotopic (exact) mass is 440 g/mol. The van der Waals surface area contributed by atoms with Crippen LogP contribution in [0.3, 0.4) is 0 Å². The second kappa shape index (κ2) is 8.77. The molecule has 0 saturated carbocycles. The van der Waals surface area contributed by atoms with E-state index in [4.69, 9.17) is 0 Å². The molecule has 3 aromatic rings. The van der Waals surface area contributed by atoms with Gasteiger partial charge < -0.3 is 15.1 Å². The zero-order valence-corrected chi connectivity index (χ0v) is 19.2. The second-order valence-electron chi connectivity index (χ2n) is 9.49. The van der Waals surface area contributed by atoms with Gasteiger partial charge >= 0.3 is 5.97 Å². The Labute approximate surface area is 195 Å². The van der Waals surface area contributed by atoms with Crippen molar-refractivity contribution in [3.63, 3.8) is 0 Å². The van der Waals surface area contributed by atoms with Crippen LogP contribution in [0.25, 0.3) is 0 Å². The second-order valence-corrected chi connectivity index (χ2v) is 9.49. The fraction of sp³-hybridized carbons (Fsp3) is 0.345. The lowest BCUT2D eigenvalue weighted by molar-refractivity contribution is -0.411. The molecule has 0 amide bonds. The minimum absolute atomic E-state index is 0.237. The maximum absolute atomic E-state index is 13.4. The van der Waals surface area contributed by atoms with E-state index in [1.165, 1.54) is 16.7 Å². The fourth-order valence-corrected chi connectivity index (χ4v) is 5.99. The first-order valence-electron chi connectivity index (χ1n) is 11.9. The first-order chi connectivity index (χ1) is 16.0. The number of benzene rings is 3. The molecule has 0 spiro atoms. The summed E-state index contributed by atoms with van der Waals surface area (Å²) in [6, 6.07) is 21.5. The summed E-state index contributed by atoms with van der Waals surface area (Å²) in [5, 5.41) is 22.7. The van der Waals surface area contributed by atoms with Crippen LogP contribution < -0.4 is 5.11 Å². The van der Waals surface area contributed by atoms with E-state index in [9.17, 15) is 15.0 Å². The van der Waals surface area contributed by atoms with Crippen LogP contribution in [-0.2, 0) is 0 Å². The zero-order chi connectivity index (χ0) is 23.1. The Kier molecular flexibility index (Phi) is 5.81. The Morgan fingerprint density at radius 2 is 1.82 bits per heavy atom. The molecule has 4 atom stereocenters. The SMILES string of the molecule is CCN1CC[C@H]2[C@H](c3ccc(C(=O)O)cc3)c3cc(C)c(C([O-])c4ccccc4)cc3[C@H]2C1. The summed E-state index contributed by atoms with van der Waals surface area (Å²) in [4.78, 5) is 13.9. The minimum Gasteiger partial charge on any atom is -0.845 e. The Bertz CT molecular complexity index is 1160. The predicted octanol–water partition coefficient (Wildman–Crippen LogP) is 4.71. The molecule has 1 fully saturated rings. The molecule has 0 radical (unpaired) electrons. The third kappa shape index (κ3) is 3.88. The number of carbonyl (C=O) groups is 1. The summed E-state index contributed by atoms with van der Waals surface area (Å²) < 4.78 is 0. The van der Waals surface area contributed by atoms with Crippen LogP contribution in [0.2, 0.25) is 0 Å². The molecule has 1 N–H and O–H groups in total. The van der Waals surface area contributed by atoms with Crippen LogP contribution in [0.15, 0.2) is 66.7 Å². The van der Waals surface area contributed by atoms with Crippen molar-refractivity contribution >= 4 is 5.97 Å². The van der Waals surface area contributed by atoms with Crippen molar-refractivity contribution in [3.05, 3.63) is 106 Å². The Balaban J connectivity index is 1.60. The van der Waals surface area contributed by atoms with Gasteiger partial charge in [0.25, 0.3) is 0 Å². The third-order valence-electron chi connectivity index (χ3n) is 7.73. The van der Waals surface area contributed by atoms with Crippen molar-refractivity contribution in [1.29, 1.82) is 0 Å². The summed E-state index contributed by atoms with van der Waals surface area (Å²) in [6.07, 6.45) is 0.210. The number of fused-ring (bicyclic) bond motifs is 3. The van der Waals surface area contributed by atoms with Gasteiger partial charge in [-0.1, -0.05) is 78.8 Å². The highest BCUT2D eigenvalue weighted by molar-refractivity contribution is 5.87. The standard InChI is InChI=1S/C29H30NO3/c1-3-30-14-13-22-26(17-30)24-16-23(28(31)20-7-5-4-6-8-20)18(2)15-25(24)27(22)19-9-11-21(12-10-19)29(32)33/h4-12,15-16,22,26-28H,3,13-14,17H2,1-2H3,(H,32,33)/q-1/t22-,26+,27+,28?/m1/s1. The van der Waals surface area contributed by atoms with Crippen molar-refractivity contribution in [2.45, 2.75) is 38.2 Å². The Hall–Kier alpha value is -2.95. The summed E-state index contributed by atoms with van der Waals surface area (Å²) in [5.41, 5.74) is 6.82. The molecule has 2 aliphatic rings. The highest BCUT2D eigenvalue weighted by atomic mass is 16.4. The van der Waals surface area contributed by atoms with Gasteiger partial charge in [-0.3, -0.25) is 0 Å². The van der Waals surface area contributed by atoms with Gasteiger partial charge in [-0.05, 0) is 66.7 Å². The number of aryl methyl sites for hydroxylation is 1. The van der Waals surface area contributed by atoms with Crippen LogP contribution in [-0.4, -0.2) is 35.6 Å². The van der Waals surface area contributed by atoms with Crippen molar-refractivity contribution < 1.29 is 15.0 Å². The molecule has 5 rings (SSSR count). The number of aromatic carboxylic acids is 1. The smallest absolute Gasteiger partial charge is 0.335 e. The van der Waals surface area contributed by atoms with E-state index in [0.717, 1.165) is 42.7 Å². The van der Waals surface area contributed by atoms with Crippen LogP contribution in [0.1, 0.15) is 75.0 Å². The van der Waals surface area contributed by atoms with Gasteiger partial charge in [-0.15, -0.1) is 0 Å². The molecule has 1 heterocycles. The molecule has 1 saturated heterocycles. The van der Waals surface area contributed by atoms with Crippen molar-refractivity contribution in [2.24, 2.45) is 5.92 Å². The molecule has 1 aliphatic heterocycles. The third-order valence-corrected chi connectivity index (χ3v) is 7.73. The molecule has 1 aliphatic carbocycles. The Morgan fingerprint density at radius 3 is 2.48 bits per heavy atom. The van der Waals surface area contributed by atoms with Gasteiger partial charge in [0.2, 0.25) is 0 Å². The van der Waals surface area contributed by atoms with Gasteiger partial charge in [0.1, 0.15) is 0 Å². The number of likely N-dealkylation sites (N-methyl/N-ethyl adjacent to an activating group) is 1. The van der Waals surface area contributed by atoms with Gasteiger partial charge in [-0.25, -0.2) is 4.79 Å². The van der Waals surface area contributed by atoms with Gasteiger partial charge in [0.15, 0.2) is 0 Å². The number of hydrogen-bond donors (Lipinski definition) is 1. The summed E-state index contributed by atoms with van der Waals surface area (Å²) in [6.45, 7) is 7.38. The van der Waals surface area contributed by atoms with E-state index in [-0.39, 0.29) is 5.92 Å². The lowest BCUT2D eigenvalue weighted by Gasteiger charge is -2.37. The normalized spacial score (nSPS) is 23.1. The first kappa shape index (κ1) is 21.9. The number of carboxylic acids is 1. The number of nitrogens with zero attached hydrogens (tertiary/aromatic N) is 1. The molecule has 4 heteroatoms. The van der Waals surface area contributed by atoms with Crippen molar-refractivity contribution in [1.82, 2.24) is 4.90 Å². The van der Waals surface area contributed by atoms with Gasteiger partial charge in [-0.2, -0.15) is 0 Å². The molecule has 1 unspecified atom stereocenters. The number of rotatable bonds is 5. The van der Waals surface area contributed by atoms with E-state index in [2.05, 4.69) is 24.0 Å². The topological polar surface area (TPSA) is 63.6 Å². The molecule has 0 aromatic heterocycles. The molecule has 33 heavy (non-hydrogen) atoms. The maximum Gasteiger partial charge on any atom is 0.335 e. The fourth-order valence-electron chi connectivity index (χ4n) is 5.99. The minimum atomic E-state index is -0.898. The van der Waals surface area contributed by atoms with E-state index < -0.39 is 12.1 Å². The average molecular weight is 441 g/mol. The van der Waals surface area contributed by atoms with Crippen molar-refractivity contribution in [2.75, 3.05) is 19.6 Å². The van der Waals surface area contributed by atoms with E-state index in [1.54, 1.807) is 12.1 Å². The largest absolute Gasteiger partial charge is 0.845 e. The van der Waals surface area contributed by atoms with Crippen LogP contribution in [0.4, 0.5) is 0 Å². The maximum atomic E-state index is 13.4. The molecule has 170 valence electrons. The van der Waals surface area contributed by atoms with Crippen LogP contribution in [0, 0.1) is 12.8 Å². The molecule has 3 aromatic carbocycles. The molecule has 0 bridgehead atoms. The summed E-state index contributed by atoms with van der Waals surface area (Å²) >= 11 is 0. The summed E-state index contributed by atoms with van der Waals surface area (Å²) in [5.74, 6) is 0.196. The van der Waals surface area contributed by atoms with Crippen LogP contribution in [0.5, 0.6) is 0 Å². The number of piperidine rings is 1. The lowest BCUT2D eigenvalue weighted by atomic mass is 9.78. The van der Waals surface area contributed by atoms with Crippen molar-refractivity contribution in [3.8, 4) is 0 Å². The highest BCUT2D eigenvalue weighted by Crippen LogP contribution is 2.54. The van der Waals surface area contributed by atoms with E-state index in [1.807, 2.05) is 49.4 Å². The lowest BCUT2D eigenvalue weighted by Crippen LogP contribution is -2.38. The quantitative estimate of drug-likeness (QED) is 0.624. The Morgan fingerprint density at radius 1 is 1.09 bits per heavy atom. The van der Waals surface area contributed by atoms with E-state index in [0.29, 0.717) is 17.4 Å². The van der Waals surface area contributed by atoms with Crippen LogP contribution >= 0.6 is 0 Å². The van der Waals surface area contributed by atoms with E-state index >= 15 is 0 Å².